The van der Waals surface area contributed by atoms with Gasteiger partial charge >= 0.3 is 5.97 Å². The molecule has 7 heteroatoms. The zero-order chi connectivity index (χ0) is 19.1. The molecule has 1 heterocycles. The molecule has 1 aromatic carbocycles. The number of thioether (sulfide) groups is 1. The van der Waals surface area contributed by atoms with Crippen LogP contribution in [0.15, 0.2) is 18.2 Å². The van der Waals surface area contributed by atoms with Gasteiger partial charge in [0.1, 0.15) is 5.37 Å². The Bertz CT molecular complexity index is 634. The van der Waals surface area contributed by atoms with E-state index in [0.717, 1.165) is 38.2 Å². The Hall–Kier alpha value is -1.73. The molecule has 26 heavy (non-hydrogen) atoms. The fourth-order valence-corrected chi connectivity index (χ4v) is 4.26. The minimum Gasteiger partial charge on any atom is -0.493 e. The number of carbonyl (C=O) groups excluding carboxylic acids is 2. The summed E-state index contributed by atoms with van der Waals surface area (Å²) < 4.78 is 10.5. The van der Waals surface area contributed by atoms with E-state index in [1.54, 1.807) is 24.9 Å². The molecule has 1 fully saturated rings. The van der Waals surface area contributed by atoms with E-state index in [9.17, 15) is 9.59 Å². The van der Waals surface area contributed by atoms with Crippen LogP contribution in [-0.4, -0.2) is 60.7 Å². The topological polar surface area (TPSA) is 59.1 Å². The second-order valence-electron chi connectivity index (χ2n) is 6.13. The molecule has 0 radical (unpaired) electrons. The molecule has 0 spiro atoms. The van der Waals surface area contributed by atoms with E-state index in [-0.39, 0.29) is 17.3 Å². The van der Waals surface area contributed by atoms with E-state index in [0.29, 0.717) is 17.3 Å². The van der Waals surface area contributed by atoms with Gasteiger partial charge in [0, 0.05) is 13.5 Å². The fourth-order valence-electron chi connectivity index (χ4n) is 3.05. The van der Waals surface area contributed by atoms with Crippen LogP contribution in [0.5, 0.6) is 11.5 Å². The van der Waals surface area contributed by atoms with Crippen LogP contribution in [0.4, 0.5) is 0 Å². The third-order valence-electron chi connectivity index (χ3n) is 4.46. The van der Waals surface area contributed by atoms with Crippen LogP contribution >= 0.6 is 11.8 Å². The number of hydrogen-bond acceptors (Lipinski definition) is 6. The molecule has 1 aromatic rings. The summed E-state index contributed by atoms with van der Waals surface area (Å²) in [7, 11) is 1.54. The van der Waals surface area contributed by atoms with Crippen LogP contribution in [0.3, 0.4) is 0 Å². The van der Waals surface area contributed by atoms with E-state index >= 15 is 0 Å². The number of esters is 1. The molecule has 1 aliphatic rings. The van der Waals surface area contributed by atoms with Gasteiger partial charge in [-0.2, -0.15) is 0 Å². The minimum absolute atomic E-state index is 0.0283. The van der Waals surface area contributed by atoms with Crippen LogP contribution in [0, 0.1) is 0 Å². The van der Waals surface area contributed by atoms with Crippen molar-refractivity contribution >= 4 is 23.6 Å². The standard InChI is InChI=1S/C19H28N2O4S/c1-5-20(6-2)10-7-11-21-18(23)13-26-19(21)15-8-9-16(25-14(3)22)17(12-15)24-4/h8-9,12,19H,5-7,10-11,13H2,1-4H3. The quantitative estimate of drug-likeness (QED) is 0.485. The lowest BCUT2D eigenvalue weighted by Crippen LogP contribution is -2.32. The highest BCUT2D eigenvalue weighted by atomic mass is 32.2. The molecule has 1 unspecified atom stereocenters. The minimum atomic E-state index is -0.389. The second kappa shape index (κ2) is 9.83. The zero-order valence-corrected chi connectivity index (χ0v) is 16.8. The Labute approximate surface area is 159 Å². The van der Waals surface area contributed by atoms with Crippen molar-refractivity contribution in [3.05, 3.63) is 23.8 Å². The number of methoxy groups -OCH3 is 1. The number of rotatable bonds is 9. The SMILES string of the molecule is CCN(CC)CCCN1C(=O)CSC1c1ccc(OC(C)=O)c(OC)c1. The van der Waals surface area contributed by atoms with Gasteiger partial charge in [-0.05, 0) is 43.8 Å². The van der Waals surface area contributed by atoms with Crippen LogP contribution in [0.2, 0.25) is 0 Å². The van der Waals surface area contributed by atoms with E-state index in [1.807, 2.05) is 17.0 Å². The van der Waals surface area contributed by atoms with Gasteiger partial charge in [0.15, 0.2) is 11.5 Å². The second-order valence-corrected chi connectivity index (χ2v) is 7.20. The molecule has 0 aromatic heterocycles. The Balaban J connectivity index is 2.10. The largest absolute Gasteiger partial charge is 0.493 e. The van der Waals surface area contributed by atoms with Crippen LogP contribution in [0.25, 0.3) is 0 Å². The van der Waals surface area contributed by atoms with Gasteiger partial charge in [0.25, 0.3) is 0 Å². The smallest absolute Gasteiger partial charge is 0.308 e. The summed E-state index contributed by atoms with van der Waals surface area (Å²) in [4.78, 5) is 27.8. The van der Waals surface area contributed by atoms with Gasteiger partial charge < -0.3 is 19.3 Å². The fraction of sp³-hybridized carbons (Fsp3) is 0.579. The molecule has 0 bridgehead atoms. The number of amides is 1. The van der Waals surface area contributed by atoms with E-state index < -0.39 is 0 Å². The highest BCUT2D eigenvalue weighted by molar-refractivity contribution is 8.00. The maximum absolute atomic E-state index is 12.3. The lowest BCUT2D eigenvalue weighted by molar-refractivity contribution is -0.132. The molecule has 1 aliphatic heterocycles. The van der Waals surface area contributed by atoms with Crippen molar-refractivity contribution in [2.75, 3.05) is 39.0 Å². The third kappa shape index (κ3) is 5.14. The van der Waals surface area contributed by atoms with E-state index in [4.69, 9.17) is 9.47 Å². The molecule has 6 nitrogen and oxygen atoms in total. The monoisotopic (exact) mass is 380 g/mol. The maximum atomic E-state index is 12.3. The van der Waals surface area contributed by atoms with Crippen molar-refractivity contribution < 1.29 is 19.1 Å². The highest BCUT2D eigenvalue weighted by Gasteiger charge is 2.33. The first-order valence-electron chi connectivity index (χ1n) is 8.99. The van der Waals surface area contributed by atoms with Gasteiger partial charge in [-0.15, -0.1) is 11.8 Å². The van der Waals surface area contributed by atoms with Crippen LogP contribution in [-0.2, 0) is 9.59 Å². The van der Waals surface area contributed by atoms with Crippen molar-refractivity contribution in [2.45, 2.75) is 32.6 Å². The van der Waals surface area contributed by atoms with Gasteiger partial charge in [0.2, 0.25) is 5.91 Å². The molecule has 1 amide bonds. The summed E-state index contributed by atoms with van der Waals surface area (Å²) in [5.74, 6) is 1.17. The van der Waals surface area contributed by atoms with Gasteiger partial charge in [-0.3, -0.25) is 9.59 Å². The van der Waals surface area contributed by atoms with Crippen molar-refractivity contribution in [3.63, 3.8) is 0 Å². The van der Waals surface area contributed by atoms with Gasteiger partial charge in [0.05, 0.1) is 12.9 Å². The molecule has 2 rings (SSSR count). The predicted molar refractivity (Wildman–Crippen MR) is 104 cm³/mol. The summed E-state index contributed by atoms with van der Waals surface area (Å²) in [5.41, 5.74) is 0.983. The average Bonchev–Trinajstić information content (AvgIpc) is 2.99. The van der Waals surface area contributed by atoms with Crippen molar-refractivity contribution in [3.8, 4) is 11.5 Å². The molecular formula is C19H28N2O4S. The lowest BCUT2D eigenvalue weighted by atomic mass is 10.1. The van der Waals surface area contributed by atoms with Crippen LogP contribution < -0.4 is 9.47 Å². The summed E-state index contributed by atoms with van der Waals surface area (Å²) in [6, 6.07) is 5.48. The number of ether oxygens (including phenoxy) is 2. The first-order valence-corrected chi connectivity index (χ1v) is 10.0. The highest BCUT2D eigenvalue weighted by Crippen LogP contribution is 2.41. The number of benzene rings is 1. The molecule has 1 atom stereocenters. The first-order chi connectivity index (χ1) is 12.5. The number of hydrogen-bond donors (Lipinski definition) is 0. The molecule has 0 N–H and O–H groups in total. The summed E-state index contributed by atoms with van der Waals surface area (Å²) in [6.07, 6.45) is 0.952. The Kier molecular flexibility index (Phi) is 7.78. The molecule has 0 aliphatic carbocycles. The van der Waals surface area contributed by atoms with Crippen molar-refractivity contribution in [2.24, 2.45) is 0 Å². The van der Waals surface area contributed by atoms with E-state index in [1.165, 1.54) is 6.92 Å². The zero-order valence-electron chi connectivity index (χ0n) is 16.0. The number of carbonyl (C=O) groups is 2. The lowest BCUT2D eigenvalue weighted by Gasteiger charge is -2.26. The van der Waals surface area contributed by atoms with Gasteiger partial charge in [-0.1, -0.05) is 19.9 Å². The summed E-state index contributed by atoms with van der Waals surface area (Å²) >= 11 is 1.62. The molecule has 144 valence electrons. The number of nitrogens with zero attached hydrogens (tertiary/aromatic N) is 2. The average molecular weight is 381 g/mol. The Morgan fingerprint density at radius 3 is 2.65 bits per heavy atom. The third-order valence-corrected chi connectivity index (χ3v) is 5.72. The van der Waals surface area contributed by atoms with Crippen molar-refractivity contribution in [1.29, 1.82) is 0 Å². The summed E-state index contributed by atoms with van der Waals surface area (Å²) in [5, 5.41) is -0.0283. The van der Waals surface area contributed by atoms with E-state index in [2.05, 4.69) is 18.7 Å². The Morgan fingerprint density at radius 1 is 1.31 bits per heavy atom. The molecular weight excluding hydrogens is 352 g/mol. The van der Waals surface area contributed by atoms with Crippen LogP contribution in [0.1, 0.15) is 38.1 Å². The molecule has 0 saturated carbocycles. The normalized spacial score (nSPS) is 17.0. The summed E-state index contributed by atoms with van der Waals surface area (Å²) in [6.45, 7) is 9.44. The van der Waals surface area contributed by atoms with Gasteiger partial charge in [-0.25, -0.2) is 0 Å². The van der Waals surface area contributed by atoms with Crippen molar-refractivity contribution in [1.82, 2.24) is 9.80 Å². The Morgan fingerprint density at radius 2 is 2.04 bits per heavy atom. The maximum Gasteiger partial charge on any atom is 0.308 e. The first kappa shape index (κ1) is 20.6. The molecule has 1 saturated heterocycles. The predicted octanol–water partition coefficient (Wildman–Crippen LogP) is 2.93.